The molecular formula is C5H8N2. The number of nitrogens with zero attached hydrogens (tertiary/aromatic N) is 1. The van der Waals surface area contributed by atoms with Crippen molar-refractivity contribution in [2.45, 2.75) is 13.8 Å². The average molecular weight is 97.1 g/mol. The second kappa shape index (κ2) is 1.37. The Balaban J connectivity index is 3.12. The molecule has 0 aromatic carbocycles. The third kappa shape index (κ3) is 0.633. The molecule has 0 aliphatic rings. The molecule has 0 bridgehead atoms. The Morgan fingerprint density at radius 1 is 1.57 bits per heavy atom. The van der Waals surface area contributed by atoms with Gasteiger partial charge in [0.1, 0.15) is 0 Å². The van der Waals surface area contributed by atoms with Crippen molar-refractivity contribution < 1.29 is 0 Å². The van der Waals surface area contributed by atoms with E-state index < -0.39 is 0 Å². The summed E-state index contributed by atoms with van der Waals surface area (Å²) in [6.45, 7) is 4.03. The van der Waals surface area contributed by atoms with Crippen molar-refractivity contribution in [3.05, 3.63) is 17.5 Å². The van der Waals surface area contributed by atoms with E-state index >= 15 is 0 Å². The summed E-state index contributed by atoms with van der Waals surface area (Å²) in [7, 11) is 0. The highest BCUT2D eigenvalue weighted by Crippen LogP contribution is 1.96. The first-order valence-electron chi connectivity index (χ1n) is 2.27. The van der Waals surface area contributed by atoms with Gasteiger partial charge in [0.2, 0.25) is 0 Å². The summed E-state index contributed by atoms with van der Waals surface area (Å²) in [6.07, 6.45) is 1.81. The number of aromatic nitrogens is 2. The summed E-state index contributed by atoms with van der Waals surface area (Å²) in [5.41, 5.74) is 2.38. The van der Waals surface area contributed by atoms with E-state index in [2.05, 4.69) is 10.2 Å². The van der Waals surface area contributed by atoms with Gasteiger partial charge in [0.25, 0.3) is 0 Å². The third-order valence-electron chi connectivity index (χ3n) is 1.08. The van der Waals surface area contributed by atoms with E-state index in [1.165, 1.54) is 5.56 Å². The molecule has 2 heteroatoms. The minimum absolute atomic E-state index is 1.15. The Kier molecular flexibility index (Phi) is 0.855. The van der Waals surface area contributed by atoms with Crippen molar-refractivity contribution in [1.82, 2.24) is 10.2 Å². The van der Waals surface area contributed by atoms with Crippen LogP contribution in [0, 0.1) is 13.8 Å². The van der Waals surface area contributed by atoms with Crippen molar-refractivity contribution in [3.8, 4) is 0 Å². The van der Waals surface area contributed by atoms with Crippen molar-refractivity contribution in [2.75, 3.05) is 0 Å². The lowest BCUT2D eigenvalue weighted by molar-refractivity contribution is 1.04. The largest absolute Gasteiger partial charge is 0.283 e. The molecular weight excluding hydrogens is 89.1 g/mol. The van der Waals surface area contributed by atoms with Gasteiger partial charge in [-0.05, 0) is 19.4 Å². The molecule has 38 valence electrons. The average Bonchev–Trinajstić information content (AvgIpc) is 1.91. The van der Waals surface area contributed by atoms with Crippen LogP contribution in [0.3, 0.4) is 0 Å². The van der Waals surface area contributed by atoms with Crippen LogP contribution >= 0.6 is 0 Å². The van der Waals surface area contributed by atoms with Crippen LogP contribution in [-0.2, 0) is 0 Å². The van der Waals surface area contributed by atoms with Gasteiger partial charge in [0, 0.05) is 5.69 Å². The molecule has 0 saturated heterocycles. The summed E-state index contributed by atoms with van der Waals surface area (Å²) in [4.78, 5) is 0. The maximum atomic E-state index is 3.80. The summed E-state index contributed by atoms with van der Waals surface area (Å²) in [5, 5.41) is 6.61. The molecule has 0 saturated carbocycles. The van der Waals surface area contributed by atoms with Gasteiger partial charge in [-0.25, -0.2) is 0 Å². The maximum absolute atomic E-state index is 3.80. The van der Waals surface area contributed by atoms with E-state index in [0.717, 1.165) is 5.69 Å². The fraction of sp³-hybridized carbons (Fsp3) is 0.400. The van der Waals surface area contributed by atoms with E-state index in [9.17, 15) is 0 Å². The molecule has 1 rings (SSSR count). The van der Waals surface area contributed by atoms with Crippen molar-refractivity contribution >= 4 is 0 Å². The lowest BCUT2D eigenvalue weighted by atomic mass is 10.4. The Morgan fingerprint density at radius 3 is 2.43 bits per heavy atom. The summed E-state index contributed by atoms with van der Waals surface area (Å²) < 4.78 is 0. The molecule has 1 aromatic rings. The third-order valence-corrected chi connectivity index (χ3v) is 1.08. The molecule has 0 radical (unpaired) electrons. The highest BCUT2D eigenvalue weighted by molar-refractivity contribution is 5.10. The second-order valence-electron chi connectivity index (χ2n) is 1.68. The standard InChI is InChI=1S/C5H8N2/c1-4-3-6-7-5(4)2/h3H,1-2H3,(H,6,7)/i3+1. The lowest BCUT2D eigenvalue weighted by Gasteiger charge is -1.78. The molecule has 1 aromatic heterocycles. The zero-order valence-electron chi connectivity index (χ0n) is 4.52. The monoisotopic (exact) mass is 97.1 g/mol. The molecule has 0 amide bonds. The van der Waals surface area contributed by atoms with Crippen LogP contribution in [0.15, 0.2) is 6.20 Å². The van der Waals surface area contributed by atoms with Crippen LogP contribution in [-0.4, -0.2) is 10.2 Å². The first-order chi connectivity index (χ1) is 3.30. The van der Waals surface area contributed by atoms with Gasteiger partial charge in [-0.2, -0.15) is 5.10 Å². The Morgan fingerprint density at radius 2 is 2.29 bits per heavy atom. The molecule has 0 unspecified atom stereocenters. The molecule has 0 spiro atoms. The van der Waals surface area contributed by atoms with E-state index in [0.29, 0.717) is 0 Å². The predicted molar refractivity (Wildman–Crippen MR) is 28.1 cm³/mol. The van der Waals surface area contributed by atoms with E-state index in [4.69, 9.17) is 0 Å². The summed E-state index contributed by atoms with van der Waals surface area (Å²) in [6, 6.07) is 0. The molecule has 0 atom stereocenters. The second-order valence-corrected chi connectivity index (χ2v) is 1.68. The molecule has 0 aliphatic heterocycles. The normalized spacial score (nSPS) is 9.43. The van der Waals surface area contributed by atoms with Crippen LogP contribution < -0.4 is 0 Å². The summed E-state index contributed by atoms with van der Waals surface area (Å²) >= 11 is 0. The number of H-pyrrole nitrogens is 1. The van der Waals surface area contributed by atoms with Crippen LogP contribution in [0.1, 0.15) is 11.3 Å². The quantitative estimate of drug-likeness (QED) is 0.514. The van der Waals surface area contributed by atoms with Gasteiger partial charge in [-0.1, -0.05) is 0 Å². The fourth-order valence-corrected chi connectivity index (χ4v) is 0.411. The fourth-order valence-electron chi connectivity index (χ4n) is 0.411. The van der Waals surface area contributed by atoms with Crippen LogP contribution in [0.2, 0.25) is 0 Å². The minimum Gasteiger partial charge on any atom is -0.283 e. The predicted octanol–water partition coefficient (Wildman–Crippen LogP) is 1.03. The number of nitrogens with one attached hydrogen (secondary N) is 1. The van der Waals surface area contributed by atoms with Crippen molar-refractivity contribution in [3.63, 3.8) is 0 Å². The van der Waals surface area contributed by atoms with Crippen molar-refractivity contribution in [2.24, 2.45) is 0 Å². The number of hydrogen-bond acceptors (Lipinski definition) is 1. The highest BCUT2D eigenvalue weighted by atomic mass is 15.2. The SMILES string of the molecule is Cc1[13cH]n[nH]c1C. The van der Waals surface area contributed by atoms with Gasteiger partial charge >= 0.3 is 0 Å². The molecule has 1 N–H and O–H groups in total. The zero-order valence-corrected chi connectivity index (χ0v) is 4.52. The van der Waals surface area contributed by atoms with Gasteiger partial charge in [0.05, 0.1) is 6.20 Å². The molecule has 2 nitrogen and oxygen atoms in total. The molecule has 1 heterocycles. The minimum atomic E-state index is 1.15. The van der Waals surface area contributed by atoms with E-state index in [1.54, 1.807) is 0 Å². The number of aromatic amines is 1. The number of hydrogen-bond donors (Lipinski definition) is 1. The van der Waals surface area contributed by atoms with Gasteiger partial charge in [-0.3, -0.25) is 5.10 Å². The van der Waals surface area contributed by atoms with Gasteiger partial charge in [-0.15, -0.1) is 0 Å². The Labute approximate surface area is 42.6 Å². The Bertz CT molecular complexity index is 138. The lowest BCUT2D eigenvalue weighted by Crippen LogP contribution is -1.70. The zero-order chi connectivity index (χ0) is 5.28. The number of aryl methyl sites for hydroxylation is 2. The van der Waals surface area contributed by atoms with E-state index in [-0.39, 0.29) is 0 Å². The van der Waals surface area contributed by atoms with Gasteiger partial charge < -0.3 is 0 Å². The molecule has 0 fully saturated rings. The van der Waals surface area contributed by atoms with Crippen LogP contribution in [0.25, 0.3) is 0 Å². The topological polar surface area (TPSA) is 28.7 Å². The smallest absolute Gasteiger partial charge is 0.0519 e. The van der Waals surface area contributed by atoms with Crippen LogP contribution in [0.4, 0.5) is 0 Å². The first kappa shape index (κ1) is 4.37. The van der Waals surface area contributed by atoms with Crippen LogP contribution in [0.5, 0.6) is 0 Å². The highest BCUT2D eigenvalue weighted by Gasteiger charge is 1.87. The molecule has 0 aliphatic carbocycles. The van der Waals surface area contributed by atoms with Gasteiger partial charge in [0.15, 0.2) is 0 Å². The maximum Gasteiger partial charge on any atom is 0.0519 e. The molecule has 7 heavy (non-hydrogen) atoms. The summed E-state index contributed by atoms with van der Waals surface area (Å²) in [5.74, 6) is 0. The Hall–Kier alpha value is -0.790. The van der Waals surface area contributed by atoms with Crippen molar-refractivity contribution in [1.29, 1.82) is 0 Å². The number of rotatable bonds is 0. The first-order valence-corrected chi connectivity index (χ1v) is 2.27. The van der Waals surface area contributed by atoms with E-state index in [1.807, 2.05) is 20.0 Å².